The molecule has 54 heavy (non-hydrogen) atoms. The van der Waals surface area contributed by atoms with Gasteiger partial charge in [0, 0.05) is 13.0 Å². The molecule has 1 N–H and O–H groups in total. The van der Waals surface area contributed by atoms with Crippen LogP contribution in [0.25, 0.3) is 0 Å². The molecule has 4 nitrogen and oxygen atoms in total. The Labute approximate surface area is 335 Å². The quantitative estimate of drug-likeness (QED) is 0.0384. The summed E-state index contributed by atoms with van der Waals surface area (Å²) in [6.45, 7) is 5.20. The first-order valence-electron chi connectivity index (χ1n) is 22.7. The molecule has 0 aliphatic heterocycles. The minimum atomic E-state index is -0.551. The molecule has 0 aromatic carbocycles. The third kappa shape index (κ3) is 44.0. The van der Waals surface area contributed by atoms with Crippen LogP contribution in [-0.4, -0.2) is 37.0 Å². The second-order valence-electron chi connectivity index (χ2n) is 14.7. The highest BCUT2D eigenvalue weighted by atomic mass is 16.6. The van der Waals surface area contributed by atoms with Gasteiger partial charge in [-0.3, -0.25) is 4.79 Å². The van der Waals surface area contributed by atoms with Crippen LogP contribution < -0.4 is 0 Å². The summed E-state index contributed by atoms with van der Waals surface area (Å²) in [6, 6.07) is 0. The van der Waals surface area contributed by atoms with E-state index in [1.165, 1.54) is 109 Å². The fourth-order valence-corrected chi connectivity index (χ4v) is 6.09. The molecule has 1 unspecified atom stereocenters. The average molecular weight is 751 g/mol. The number of ether oxygens (including phenoxy) is 2. The Hall–Kier alpha value is -2.43. The minimum Gasteiger partial charge on any atom is -0.457 e. The van der Waals surface area contributed by atoms with Gasteiger partial charge in [-0.2, -0.15) is 0 Å². The second-order valence-corrected chi connectivity index (χ2v) is 14.7. The van der Waals surface area contributed by atoms with Crippen LogP contribution in [0.5, 0.6) is 0 Å². The molecule has 0 aliphatic rings. The topological polar surface area (TPSA) is 55.8 Å². The Bertz CT molecular complexity index is 969. The monoisotopic (exact) mass is 751 g/mol. The van der Waals surface area contributed by atoms with Crippen molar-refractivity contribution >= 4 is 5.97 Å². The Morgan fingerprint density at radius 2 is 0.833 bits per heavy atom. The third-order valence-corrected chi connectivity index (χ3v) is 9.45. The average Bonchev–Trinajstić information content (AvgIpc) is 3.18. The molecule has 0 heterocycles. The van der Waals surface area contributed by atoms with Gasteiger partial charge in [0.2, 0.25) is 0 Å². The van der Waals surface area contributed by atoms with Gasteiger partial charge in [0.1, 0.15) is 6.10 Å². The molecular weight excluding hydrogens is 665 g/mol. The maximum atomic E-state index is 12.2. The maximum Gasteiger partial charge on any atom is 0.306 e. The van der Waals surface area contributed by atoms with Crippen molar-refractivity contribution in [3.8, 4) is 0 Å². The highest BCUT2D eigenvalue weighted by molar-refractivity contribution is 5.69. The van der Waals surface area contributed by atoms with Crippen molar-refractivity contribution in [1.82, 2.24) is 0 Å². The molecule has 0 amide bonds. The Balaban J connectivity index is 3.53. The van der Waals surface area contributed by atoms with E-state index in [0.717, 1.165) is 70.6 Å². The molecule has 0 saturated heterocycles. The van der Waals surface area contributed by atoms with Crippen LogP contribution >= 0.6 is 0 Å². The number of allylic oxidation sites excluding steroid dienone is 14. The molecule has 0 fully saturated rings. The van der Waals surface area contributed by atoms with Crippen molar-refractivity contribution in [3.63, 3.8) is 0 Å². The van der Waals surface area contributed by atoms with E-state index in [4.69, 9.17) is 9.47 Å². The molecule has 0 radical (unpaired) electrons. The van der Waals surface area contributed by atoms with E-state index in [1.54, 1.807) is 0 Å². The second kappa shape index (κ2) is 46.7. The number of unbranched alkanes of at least 4 members (excludes halogenated alkanes) is 19. The van der Waals surface area contributed by atoms with Crippen molar-refractivity contribution in [2.45, 2.75) is 206 Å². The summed E-state index contributed by atoms with van der Waals surface area (Å²) < 4.78 is 11.2. The van der Waals surface area contributed by atoms with Gasteiger partial charge in [0.15, 0.2) is 0 Å². The highest BCUT2D eigenvalue weighted by Crippen LogP contribution is 2.12. The fourth-order valence-electron chi connectivity index (χ4n) is 6.09. The van der Waals surface area contributed by atoms with Crippen LogP contribution in [0, 0.1) is 0 Å². The van der Waals surface area contributed by atoms with Crippen LogP contribution in [0.15, 0.2) is 85.1 Å². The van der Waals surface area contributed by atoms with Crippen molar-refractivity contribution in [2.24, 2.45) is 0 Å². The van der Waals surface area contributed by atoms with Crippen molar-refractivity contribution < 1.29 is 19.4 Å². The molecule has 4 heteroatoms. The summed E-state index contributed by atoms with van der Waals surface area (Å²) in [5, 5.41) is 9.62. The summed E-state index contributed by atoms with van der Waals surface area (Å²) in [5.41, 5.74) is 0. The molecule has 0 bridgehead atoms. The number of aliphatic hydroxyl groups is 1. The van der Waals surface area contributed by atoms with Crippen LogP contribution in [-0.2, 0) is 14.3 Å². The maximum absolute atomic E-state index is 12.2. The SMILES string of the molecule is CC/C=C\C/C=C\C/C=C\C/C=C\C/C=C\C/C=C\CCCCCCCCC(=O)OC(CO)COCCCCCCCC/C=C\CCCCCCCCC. The summed E-state index contributed by atoms with van der Waals surface area (Å²) in [5.74, 6) is -0.219. The largest absolute Gasteiger partial charge is 0.457 e. The lowest BCUT2D eigenvalue weighted by Crippen LogP contribution is -2.27. The van der Waals surface area contributed by atoms with Gasteiger partial charge in [-0.1, -0.05) is 189 Å². The van der Waals surface area contributed by atoms with Crippen LogP contribution in [0.1, 0.15) is 200 Å². The van der Waals surface area contributed by atoms with E-state index < -0.39 is 6.10 Å². The zero-order valence-electron chi connectivity index (χ0n) is 35.5. The first-order chi connectivity index (χ1) is 26.7. The Morgan fingerprint density at radius 3 is 1.28 bits per heavy atom. The highest BCUT2D eigenvalue weighted by Gasteiger charge is 2.13. The van der Waals surface area contributed by atoms with Crippen molar-refractivity contribution in [2.75, 3.05) is 19.8 Å². The third-order valence-electron chi connectivity index (χ3n) is 9.45. The minimum absolute atomic E-state index is 0.185. The van der Waals surface area contributed by atoms with Gasteiger partial charge in [-0.25, -0.2) is 0 Å². The predicted octanol–water partition coefficient (Wildman–Crippen LogP) is 15.2. The predicted molar refractivity (Wildman–Crippen MR) is 237 cm³/mol. The lowest BCUT2D eigenvalue weighted by molar-refractivity contribution is -0.154. The standard InChI is InChI=1S/C50H86O4/c1-3-5-7-9-11-13-15-17-19-21-22-23-24-25-26-27-28-29-31-33-35-37-39-41-43-45-50(52)54-49(47-51)48-53-46-44-42-40-38-36-34-32-30-20-18-16-14-12-10-8-6-4-2/h5,7,11,13,17,19-20,22-23,25-26,28-30,49,51H,3-4,6,8-10,12,14-16,18,21,24,27,31-48H2,1-2H3/b7-5-,13-11-,19-17-,23-22-,26-25-,29-28-,30-20-. The first-order valence-corrected chi connectivity index (χ1v) is 22.7. The molecule has 310 valence electrons. The van der Waals surface area contributed by atoms with E-state index in [0.29, 0.717) is 13.0 Å². The number of esters is 1. The van der Waals surface area contributed by atoms with E-state index >= 15 is 0 Å². The number of hydrogen-bond donors (Lipinski definition) is 1. The summed E-state index contributed by atoms with van der Waals surface area (Å²) in [6.07, 6.45) is 65.0. The molecule has 0 rings (SSSR count). The van der Waals surface area contributed by atoms with E-state index in [2.05, 4.69) is 98.9 Å². The first kappa shape index (κ1) is 51.6. The zero-order valence-corrected chi connectivity index (χ0v) is 35.5. The molecule has 0 saturated carbocycles. The molecule has 1 atom stereocenters. The molecular formula is C50H86O4. The number of carbonyl (C=O) groups is 1. The Morgan fingerprint density at radius 1 is 0.463 bits per heavy atom. The van der Waals surface area contributed by atoms with Gasteiger partial charge < -0.3 is 14.6 Å². The molecule has 0 aromatic heterocycles. The molecule has 0 aliphatic carbocycles. The molecule has 0 aromatic rings. The number of rotatable bonds is 41. The lowest BCUT2D eigenvalue weighted by Gasteiger charge is -2.15. The fraction of sp³-hybridized carbons (Fsp3) is 0.700. The summed E-state index contributed by atoms with van der Waals surface area (Å²) >= 11 is 0. The number of aliphatic hydroxyl groups excluding tert-OH is 1. The van der Waals surface area contributed by atoms with Crippen LogP contribution in [0.3, 0.4) is 0 Å². The van der Waals surface area contributed by atoms with Crippen molar-refractivity contribution in [3.05, 3.63) is 85.1 Å². The van der Waals surface area contributed by atoms with Gasteiger partial charge in [0.05, 0.1) is 13.2 Å². The van der Waals surface area contributed by atoms with E-state index in [9.17, 15) is 9.90 Å². The zero-order chi connectivity index (χ0) is 39.1. The summed E-state index contributed by atoms with van der Waals surface area (Å²) in [7, 11) is 0. The van der Waals surface area contributed by atoms with Gasteiger partial charge in [0.25, 0.3) is 0 Å². The van der Waals surface area contributed by atoms with Gasteiger partial charge >= 0.3 is 5.97 Å². The lowest BCUT2D eigenvalue weighted by atomic mass is 10.1. The smallest absolute Gasteiger partial charge is 0.306 e. The van der Waals surface area contributed by atoms with E-state index in [-0.39, 0.29) is 19.2 Å². The van der Waals surface area contributed by atoms with Crippen LogP contribution in [0.2, 0.25) is 0 Å². The van der Waals surface area contributed by atoms with Gasteiger partial charge in [-0.15, -0.1) is 0 Å². The Kier molecular flexibility index (Phi) is 44.6. The summed E-state index contributed by atoms with van der Waals surface area (Å²) in [4.78, 5) is 12.2. The van der Waals surface area contributed by atoms with Gasteiger partial charge in [-0.05, 0) is 89.9 Å². The number of hydrogen-bond acceptors (Lipinski definition) is 4. The van der Waals surface area contributed by atoms with E-state index in [1.807, 2.05) is 0 Å². The number of carbonyl (C=O) groups excluding carboxylic acids is 1. The van der Waals surface area contributed by atoms with Crippen LogP contribution in [0.4, 0.5) is 0 Å². The normalized spacial score (nSPS) is 13.2. The molecule has 0 spiro atoms. The van der Waals surface area contributed by atoms with Crippen molar-refractivity contribution in [1.29, 1.82) is 0 Å².